The molecule has 27 heavy (non-hydrogen) atoms. The number of hydrogen-bond acceptors (Lipinski definition) is 3. The number of amides is 1. The smallest absolute Gasteiger partial charge is 0.272 e. The van der Waals surface area contributed by atoms with Crippen molar-refractivity contribution in [2.75, 3.05) is 19.6 Å². The molecule has 2 aliphatic rings. The lowest BCUT2D eigenvalue weighted by Crippen LogP contribution is -2.44. The SMILES string of the molecule is CCN1CCC(NC(=O)c2nc(-c3ccccc3)n3c2CCCCC3)CC1. The fourth-order valence-corrected chi connectivity index (χ4v) is 4.36. The standard InChI is InChI=1S/C22H30N4O/c1-2-25-15-12-18(13-16-25)23-22(27)20-19-11-7-4-8-14-26(19)21(24-20)17-9-5-3-6-10-17/h3,5-6,9-10,18H,2,4,7-8,11-16H2,1H3,(H,23,27). The van der Waals surface area contributed by atoms with Crippen LogP contribution in [0.4, 0.5) is 0 Å². The number of nitrogens with one attached hydrogen (secondary N) is 1. The Morgan fingerprint density at radius 2 is 1.89 bits per heavy atom. The Hall–Kier alpha value is -2.14. The Kier molecular flexibility index (Phi) is 5.58. The van der Waals surface area contributed by atoms with E-state index >= 15 is 0 Å². The van der Waals surface area contributed by atoms with Gasteiger partial charge in [0.15, 0.2) is 0 Å². The van der Waals surface area contributed by atoms with Gasteiger partial charge < -0.3 is 14.8 Å². The van der Waals surface area contributed by atoms with Gasteiger partial charge in [0.1, 0.15) is 11.5 Å². The summed E-state index contributed by atoms with van der Waals surface area (Å²) in [6.45, 7) is 6.38. The summed E-state index contributed by atoms with van der Waals surface area (Å²) >= 11 is 0. The van der Waals surface area contributed by atoms with Crippen molar-refractivity contribution in [3.05, 3.63) is 41.7 Å². The maximum atomic E-state index is 13.1. The summed E-state index contributed by atoms with van der Waals surface area (Å²) in [4.78, 5) is 20.4. The summed E-state index contributed by atoms with van der Waals surface area (Å²) in [7, 11) is 0. The Morgan fingerprint density at radius 3 is 2.63 bits per heavy atom. The van der Waals surface area contributed by atoms with Crippen molar-refractivity contribution in [2.24, 2.45) is 0 Å². The van der Waals surface area contributed by atoms with E-state index in [1.165, 1.54) is 6.42 Å². The molecule has 2 aromatic rings. The molecular formula is C22H30N4O. The monoisotopic (exact) mass is 366 g/mol. The Morgan fingerprint density at radius 1 is 1.11 bits per heavy atom. The summed E-state index contributed by atoms with van der Waals surface area (Å²) < 4.78 is 2.29. The fourth-order valence-electron chi connectivity index (χ4n) is 4.36. The second kappa shape index (κ2) is 8.26. The van der Waals surface area contributed by atoms with E-state index in [1.807, 2.05) is 18.2 Å². The molecule has 144 valence electrons. The summed E-state index contributed by atoms with van der Waals surface area (Å²) in [5.74, 6) is 0.955. The molecule has 3 heterocycles. The number of aromatic nitrogens is 2. The van der Waals surface area contributed by atoms with Gasteiger partial charge in [0.25, 0.3) is 5.91 Å². The topological polar surface area (TPSA) is 50.2 Å². The van der Waals surface area contributed by atoms with Crippen molar-refractivity contribution >= 4 is 5.91 Å². The van der Waals surface area contributed by atoms with Gasteiger partial charge in [0, 0.05) is 31.2 Å². The molecular weight excluding hydrogens is 336 g/mol. The number of likely N-dealkylation sites (tertiary alicyclic amines) is 1. The zero-order chi connectivity index (χ0) is 18.6. The molecule has 1 N–H and O–H groups in total. The first-order valence-corrected chi connectivity index (χ1v) is 10.4. The lowest BCUT2D eigenvalue weighted by Gasteiger charge is -2.31. The van der Waals surface area contributed by atoms with Gasteiger partial charge in [-0.1, -0.05) is 43.7 Å². The zero-order valence-corrected chi connectivity index (χ0v) is 16.3. The molecule has 0 spiro atoms. The summed E-state index contributed by atoms with van der Waals surface area (Å²) in [5.41, 5.74) is 2.86. The van der Waals surface area contributed by atoms with Crippen LogP contribution in [0, 0.1) is 0 Å². The molecule has 0 unspecified atom stereocenters. The Balaban J connectivity index is 1.58. The molecule has 4 rings (SSSR count). The molecule has 1 aromatic carbocycles. The normalized spacial score (nSPS) is 18.7. The number of piperidine rings is 1. The van der Waals surface area contributed by atoms with E-state index in [4.69, 9.17) is 4.98 Å². The van der Waals surface area contributed by atoms with E-state index in [-0.39, 0.29) is 11.9 Å². The van der Waals surface area contributed by atoms with Crippen LogP contribution in [-0.2, 0) is 13.0 Å². The average Bonchev–Trinajstić information content (AvgIpc) is 2.90. The van der Waals surface area contributed by atoms with Gasteiger partial charge in [-0.3, -0.25) is 4.79 Å². The van der Waals surface area contributed by atoms with E-state index in [0.717, 1.165) is 75.4 Å². The first-order chi connectivity index (χ1) is 13.3. The molecule has 1 saturated heterocycles. The van der Waals surface area contributed by atoms with E-state index in [9.17, 15) is 4.79 Å². The van der Waals surface area contributed by atoms with Gasteiger partial charge in [-0.15, -0.1) is 0 Å². The predicted octanol–water partition coefficient (Wildman–Crippen LogP) is 3.49. The molecule has 1 aromatic heterocycles. The number of carbonyl (C=O) groups excluding carboxylic acids is 1. The lowest BCUT2D eigenvalue weighted by molar-refractivity contribution is 0.0907. The molecule has 0 atom stereocenters. The maximum absolute atomic E-state index is 13.1. The van der Waals surface area contributed by atoms with Crippen molar-refractivity contribution in [3.63, 3.8) is 0 Å². The predicted molar refractivity (Wildman–Crippen MR) is 108 cm³/mol. The number of fused-ring (bicyclic) bond motifs is 1. The molecule has 0 radical (unpaired) electrons. The van der Waals surface area contributed by atoms with Crippen LogP contribution < -0.4 is 5.32 Å². The highest BCUT2D eigenvalue weighted by Crippen LogP contribution is 2.27. The van der Waals surface area contributed by atoms with Crippen LogP contribution in [0.25, 0.3) is 11.4 Å². The molecule has 5 heteroatoms. The lowest BCUT2D eigenvalue weighted by atomic mass is 10.0. The number of benzene rings is 1. The van der Waals surface area contributed by atoms with Gasteiger partial charge in [-0.2, -0.15) is 0 Å². The van der Waals surface area contributed by atoms with E-state index in [0.29, 0.717) is 5.69 Å². The fraction of sp³-hybridized carbons (Fsp3) is 0.545. The van der Waals surface area contributed by atoms with E-state index < -0.39 is 0 Å². The number of imidazole rings is 1. The second-order valence-corrected chi connectivity index (χ2v) is 7.74. The molecule has 0 saturated carbocycles. The van der Waals surface area contributed by atoms with Crippen LogP contribution >= 0.6 is 0 Å². The van der Waals surface area contributed by atoms with Gasteiger partial charge >= 0.3 is 0 Å². The number of carbonyl (C=O) groups is 1. The highest BCUT2D eigenvalue weighted by molar-refractivity contribution is 5.94. The van der Waals surface area contributed by atoms with Gasteiger partial charge in [-0.05, 0) is 38.6 Å². The molecule has 0 aliphatic carbocycles. The summed E-state index contributed by atoms with van der Waals surface area (Å²) in [6, 6.07) is 10.5. The third-order valence-corrected chi connectivity index (χ3v) is 5.98. The van der Waals surface area contributed by atoms with Crippen LogP contribution in [0.2, 0.25) is 0 Å². The van der Waals surface area contributed by atoms with Crippen molar-refractivity contribution in [1.29, 1.82) is 0 Å². The highest BCUT2D eigenvalue weighted by atomic mass is 16.2. The molecule has 0 bridgehead atoms. The summed E-state index contributed by atoms with van der Waals surface area (Å²) in [5, 5.41) is 3.27. The van der Waals surface area contributed by atoms with Crippen LogP contribution in [0.1, 0.15) is 55.2 Å². The van der Waals surface area contributed by atoms with Crippen molar-refractivity contribution < 1.29 is 4.79 Å². The van der Waals surface area contributed by atoms with Crippen LogP contribution in [0.5, 0.6) is 0 Å². The molecule has 1 amide bonds. The molecule has 1 fully saturated rings. The maximum Gasteiger partial charge on any atom is 0.272 e. The van der Waals surface area contributed by atoms with Gasteiger partial charge in [0.2, 0.25) is 0 Å². The quantitative estimate of drug-likeness (QED) is 0.901. The number of nitrogens with zero attached hydrogens (tertiary/aromatic N) is 3. The zero-order valence-electron chi connectivity index (χ0n) is 16.3. The first-order valence-electron chi connectivity index (χ1n) is 10.4. The third-order valence-electron chi connectivity index (χ3n) is 5.98. The minimum Gasteiger partial charge on any atom is -0.348 e. The van der Waals surface area contributed by atoms with Gasteiger partial charge in [-0.25, -0.2) is 4.98 Å². The third kappa shape index (κ3) is 3.93. The van der Waals surface area contributed by atoms with Crippen molar-refractivity contribution in [1.82, 2.24) is 19.8 Å². The van der Waals surface area contributed by atoms with Gasteiger partial charge in [0.05, 0.1) is 5.69 Å². The minimum atomic E-state index is 0.0118. The first kappa shape index (κ1) is 18.2. The molecule has 5 nitrogen and oxygen atoms in total. The largest absolute Gasteiger partial charge is 0.348 e. The van der Waals surface area contributed by atoms with E-state index in [2.05, 4.69) is 33.8 Å². The van der Waals surface area contributed by atoms with Crippen molar-refractivity contribution in [2.45, 2.75) is 58.0 Å². The Bertz CT molecular complexity index is 775. The molecule has 2 aliphatic heterocycles. The highest BCUT2D eigenvalue weighted by Gasteiger charge is 2.26. The summed E-state index contributed by atoms with van der Waals surface area (Å²) in [6.07, 6.45) is 6.50. The number of hydrogen-bond donors (Lipinski definition) is 1. The number of rotatable bonds is 4. The van der Waals surface area contributed by atoms with Crippen LogP contribution in [0.3, 0.4) is 0 Å². The second-order valence-electron chi connectivity index (χ2n) is 7.74. The minimum absolute atomic E-state index is 0.0118. The Labute approximate surface area is 161 Å². The van der Waals surface area contributed by atoms with E-state index in [1.54, 1.807) is 0 Å². The van der Waals surface area contributed by atoms with Crippen LogP contribution in [0.15, 0.2) is 30.3 Å². The van der Waals surface area contributed by atoms with Crippen LogP contribution in [-0.4, -0.2) is 46.0 Å². The van der Waals surface area contributed by atoms with Crippen molar-refractivity contribution in [3.8, 4) is 11.4 Å². The average molecular weight is 367 g/mol.